The maximum atomic E-state index is 12.9. The Labute approximate surface area is 154 Å². The Morgan fingerprint density at radius 2 is 1.69 bits per heavy atom. The van der Waals surface area contributed by atoms with Gasteiger partial charge in [0.1, 0.15) is 6.61 Å². The van der Waals surface area contributed by atoms with E-state index >= 15 is 0 Å². The van der Waals surface area contributed by atoms with Gasteiger partial charge in [-0.25, -0.2) is 0 Å². The number of hydrogen-bond donors (Lipinski definition) is 1. The van der Waals surface area contributed by atoms with Crippen molar-refractivity contribution in [3.63, 3.8) is 0 Å². The summed E-state index contributed by atoms with van der Waals surface area (Å²) in [5.41, 5.74) is 0.268. The Balaban J connectivity index is 0.000000765. The lowest BCUT2D eigenvalue weighted by molar-refractivity contribution is -0.137. The van der Waals surface area contributed by atoms with Gasteiger partial charge in [-0.1, -0.05) is 47.1 Å². The maximum Gasteiger partial charge on any atom is 0.417 e. The third-order valence-electron chi connectivity index (χ3n) is 2.97. The van der Waals surface area contributed by atoms with Gasteiger partial charge >= 0.3 is 16.7 Å². The molecule has 0 unspecified atom stereocenters. The van der Waals surface area contributed by atoms with Gasteiger partial charge in [-0.2, -0.15) is 26.4 Å². The minimum absolute atomic E-state index is 0.00565. The fourth-order valence-electron chi connectivity index (χ4n) is 1.88. The van der Waals surface area contributed by atoms with Crippen molar-refractivity contribution in [3.05, 3.63) is 70.2 Å². The first-order valence-electron chi connectivity index (χ1n) is 6.99. The number of halogens is 4. The number of nitrogens with zero attached hydrogens (tertiary/aromatic N) is 1. The van der Waals surface area contributed by atoms with Crippen LogP contribution in [0.1, 0.15) is 23.6 Å². The highest BCUT2D eigenvalue weighted by Gasteiger charge is 2.33. The lowest BCUT2D eigenvalue weighted by Gasteiger charge is -2.12. The molecule has 0 saturated carbocycles. The van der Waals surface area contributed by atoms with Crippen LogP contribution in [0.3, 0.4) is 0 Å². The molecule has 0 bridgehead atoms. The molecule has 0 atom stereocenters. The normalized spacial score (nSPS) is 11.3. The van der Waals surface area contributed by atoms with Crippen molar-refractivity contribution in [2.45, 2.75) is 19.7 Å². The second-order valence-electron chi connectivity index (χ2n) is 4.85. The van der Waals surface area contributed by atoms with Crippen LogP contribution < -0.4 is 0 Å². The Hall–Kier alpha value is -2.39. The highest BCUT2D eigenvalue weighted by atomic mass is 35.5. The first-order valence-corrected chi connectivity index (χ1v) is 8.44. The largest absolute Gasteiger partial charge is 0.417 e. The van der Waals surface area contributed by atoms with E-state index in [1.807, 2.05) is 0 Å². The van der Waals surface area contributed by atoms with Crippen molar-refractivity contribution < 1.29 is 26.4 Å². The smallest absolute Gasteiger partial charge is 0.391 e. The molecule has 1 N–H and O–H groups in total. The van der Waals surface area contributed by atoms with Crippen LogP contribution in [0.4, 0.5) is 13.2 Å². The van der Waals surface area contributed by atoms with Crippen molar-refractivity contribution in [1.29, 1.82) is 4.78 Å². The van der Waals surface area contributed by atoms with Crippen molar-refractivity contribution in [2.24, 2.45) is 5.16 Å². The van der Waals surface area contributed by atoms with Gasteiger partial charge in [0, 0.05) is 10.6 Å². The molecule has 0 fully saturated rings. The molecule has 0 saturated heterocycles. The summed E-state index contributed by atoms with van der Waals surface area (Å²) in [6.45, 7) is 1.63. The van der Waals surface area contributed by atoms with E-state index in [9.17, 15) is 13.2 Å². The van der Waals surface area contributed by atoms with Gasteiger partial charge in [0.25, 0.3) is 0 Å². The summed E-state index contributed by atoms with van der Waals surface area (Å²) < 4.78 is 61.6. The molecule has 0 aliphatic carbocycles. The molecule has 0 amide bonds. The zero-order valence-corrected chi connectivity index (χ0v) is 15.0. The Kier molecular flexibility index (Phi) is 8.27. The van der Waals surface area contributed by atoms with Crippen LogP contribution >= 0.6 is 11.6 Å². The summed E-state index contributed by atoms with van der Waals surface area (Å²) in [6, 6.07) is 12.2. The van der Waals surface area contributed by atoms with E-state index in [0.717, 1.165) is 11.6 Å². The van der Waals surface area contributed by atoms with Crippen LogP contribution in [0.15, 0.2) is 53.7 Å². The second-order valence-corrected chi connectivity index (χ2v) is 5.76. The van der Waals surface area contributed by atoms with Gasteiger partial charge in [-0.15, -0.1) is 0 Å². The predicted molar refractivity (Wildman–Crippen MR) is 91.5 cm³/mol. The molecule has 10 heteroatoms. The van der Waals surface area contributed by atoms with Crippen LogP contribution in [0, 0.1) is 4.78 Å². The van der Waals surface area contributed by atoms with Gasteiger partial charge in [-0.3, -0.25) is 0 Å². The lowest BCUT2D eigenvalue weighted by atomic mass is 10.0. The Morgan fingerprint density at radius 3 is 2.23 bits per heavy atom. The molecular formula is C16H14ClF3N2O3S. The van der Waals surface area contributed by atoms with Gasteiger partial charge < -0.3 is 4.84 Å². The average molecular weight is 407 g/mol. The van der Waals surface area contributed by atoms with E-state index in [1.165, 1.54) is 25.1 Å². The molecule has 140 valence electrons. The van der Waals surface area contributed by atoms with Gasteiger partial charge in [0.15, 0.2) is 0 Å². The minimum Gasteiger partial charge on any atom is -0.391 e. The molecule has 0 aromatic heterocycles. The van der Waals surface area contributed by atoms with Gasteiger partial charge in [0.05, 0.1) is 11.3 Å². The van der Waals surface area contributed by atoms with E-state index < -0.39 is 22.2 Å². The summed E-state index contributed by atoms with van der Waals surface area (Å²) in [5, 5.41) is 4.37. The molecule has 26 heavy (non-hydrogen) atoms. The number of benzene rings is 2. The molecule has 0 aliphatic heterocycles. The van der Waals surface area contributed by atoms with E-state index in [-0.39, 0.29) is 17.9 Å². The van der Waals surface area contributed by atoms with Crippen molar-refractivity contribution >= 4 is 27.8 Å². The van der Waals surface area contributed by atoms with E-state index in [2.05, 4.69) is 5.16 Å². The molecule has 5 nitrogen and oxygen atoms in total. The second kappa shape index (κ2) is 9.93. The highest BCUT2D eigenvalue weighted by Crippen LogP contribution is 2.32. The number of hydrogen-bond acceptors (Lipinski definition) is 5. The molecule has 0 spiro atoms. The first-order chi connectivity index (χ1) is 12.1. The monoisotopic (exact) mass is 406 g/mol. The van der Waals surface area contributed by atoms with Crippen LogP contribution in [0.2, 0.25) is 5.02 Å². The molecule has 2 aromatic carbocycles. The zero-order valence-electron chi connectivity index (χ0n) is 13.4. The Morgan fingerprint density at radius 1 is 1.15 bits per heavy atom. The molecular weight excluding hydrogens is 393 g/mol. The molecule has 2 aromatic rings. The van der Waals surface area contributed by atoms with Gasteiger partial charge in [-0.05, 0) is 30.7 Å². The fraction of sp³-hybridized carbons (Fsp3) is 0.188. The molecule has 0 aliphatic rings. The lowest BCUT2D eigenvalue weighted by Crippen LogP contribution is -2.12. The maximum absolute atomic E-state index is 12.9. The average Bonchev–Trinajstić information content (AvgIpc) is 2.55. The summed E-state index contributed by atoms with van der Waals surface area (Å²) >= 11 is 5.76. The minimum atomic E-state index is -4.43. The molecule has 2 rings (SSSR count). The number of oxime groups is 1. The number of rotatable bonds is 4. The topological polar surface area (TPSA) is 79.6 Å². The molecule has 0 radical (unpaired) electrons. The van der Waals surface area contributed by atoms with Crippen molar-refractivity contribution in [1.82, 2.24) is 0 Å². The number of alkyl halides is 3. The summed E-state index contributed by atoms with van der Waals surface area (Å²) in [7, 11) is -2.61. The standard InChI is InChI=1S/C16H13ClF3NO.HNO2S/c1-11(14-4-2-3-5-15(14)16(18,19)20)21-22-10-12-6-8-13(17)9-7-12;1-4(2)3/h2-9H,10H2,1H3;1H/b21-11+;. The van der Waals surface area contributed by atoms with Crippen LogP contribution in [-0.4, -0.2) is 14.1 Å². The quantitative estimate of drug-likeness (QED) is 0.577. The SMILES string of the molecule is C/C(=N\OCc1ccc(Cl)cc1)c1ccccc1C(F)(F)F.N=S(=O)=O. The van der Waals surface area contributed by atoms with Crippen LogP contribution in [0.25, 0.3) is 0 Å². The highest BCUT2D eigenvalue weighted by molar-refractivity contribution is 7.60. The third-order valence-corrected chi connectivity index (χ3v) is 3.22. The zero-order chi connectivity index (χ0) is 19.7. The third kappa shape index (κ3) is 7.66. The number of nitrogens with one attached hydrogen (secondary N) is 1. The summed E-state index contributed by atoms with van der Waals surface area (Å²) in [4.78, 5) is 5.12. The first kappa shape index (κ1) is 21.7. The van der Waals surface area contributed by atoms with E-state index in [1.54, 1.807) is 24.3 Å². The predicted octanol–water partition coefficient (Wildman–Crippen LogP) is 4.93. The summed E-state index contributed by atoms with van der Waals surface area (Å²) in [6.07, 6.45) is -4.43. The van der Waals surface area contributed by atoms with Crippen molar-refractivity contribution in [3.8, 4) is 0 Å². The van der Waals surface area contributed by atoms with Crippen LogP contribution in [-0.2, 0) is 28.1 Å². The van der Waals surface area contributed by atoms with Crippen molar-refractivity contribution in [2.75, 3.05) is 0 Å². The van der Waals surface area contributed by atoms with Gasteiger partial charge in [0.2, 0.25) is 0 Å². The van der Waals surface area contributed by atoms with E-state index in [0.29, 0.717) is 5.02 Å². The Bertz CT molecular complexity index is 861. The van der Waals surface area contributed by atoms with E-state index in [4.69, 9.17) is 29.6 Å². The van der Waals surface area contributed by atoms with Crippen LogP contribution in [0.5, 0.6) is 0 Å². The molecule has 0 heterocycles. The summed E-state index contributed by atoms with van der Waals surface area (Å²) in [5.74, 6) is 0. The fourth-order valence-corrected chi connectivity index (χ4v) is 2.01.